The number of rotatable bonds is 4. The maximum atomic E-state index is 11.1. The van der Waals surface area contributed by atoms with E-state index in [1.807, 2.05) is 36.4 Å². The first-order valence-electron chi connectivity index (χ1n) is 9.43. The van der Waals surface area contributed by atoms with Gasteiger partial charge in [-0.25, -0.2) is 14.3 Å². The number of aromatic carboxylic acids is 1. The Balaban J connectivity index is 0.000000195. The Morgan fingerprint density at radius 1 is 1.00 bits per heavy atom. The summed E-state index contributed by atoms with van der Waals surface area (Å²) >= 11 is 3.43. The molecule has 8 nitrogen and oxygen atoms in total. The van der Waals surface area contributed by atoms with Crippen LogP contribution in [0.4, 0.5) is 0 Å². The molecule has 164 valence electrons. The quantitative estimate of drug-likeness (QED) is 0.481. The number of fused-ring (bicyclic) bond motifs is 1. The number of hydrogen-bond donors (Lipinski definition) is 3. The highest BCUT2D eigenvalue weighted by Gasteiger charge is 2.34. The van der Waals surface area contributed by atoms with Gasteiger partial charge in [0.25, 0.3) is 0 Å². The molecule has 1 atom stereocenters. The van der Waals surface area contributed by atoms with Crippen molar-refractivity contribution in [2.24, 2.45) is 5.41 Å². The van der Waals surface area contributed by atoms with Crippen molar-refractivity contribution in [1.82, 2.24) is 9.78 Å². The monoisotopic (exact) mass is 498 g/mol. The second-order valence-electron chi connectivity index (χ2n) is 7.36. The van der Waals surface area contributed by atoms with Crippen LogP contribution in [0.5, 0.6) is 0 Å². The molecule has 0 spiro atoms. The van der Waals surface area contributed by atoms with E-state index in [0.717, 1.165) is 20.9 Å². The van der Waals surface area contributed by atoms with E-state index >= 15 is 0 Å². The Morgan fingerprint density at radius 3 is 2.34 bits per heavy atom. The van der Waals surface area contributed by atoms with Gasteiger partial charge >= 0.3 is 17.9 Å². The molecule has 1 aliphatic carbocycles. The number of aliphatic carboxylic acids is 2. The minimum Gasteiger partial charge on any atom is -0.481 e. The van der Waals surface area contributed by atoms with Gasteiger partial charge in [0.2, 0.25) is 0 Å². The minimum atomic E-state index is -1.08. The summed E-state index contributed by atoms with van der Waals surface area (Å²) in [5.41, 5.74) is -0.0660. The molecule has 0 aliphatic heterocycles. The first kappa shape index (κ1) is 23.0. The molecule has 32 heavy (non-hydrogen) atoms. The van der Waals surface area contributed by atoms with Gasteiger partial charge in [-0.3, -0.25) is 4.79 Å². The topological polar surface area (TPSA) is 130 Å². The lowest BCUT2D eigenvalue weighted by atomic mass is 9.80. The zero-order chi connectivity index (χ0) is 23.5. The summed E-state index contributed by atoms with van der Waals surface area (Å²) in [4.78, 5) is 32.4. The molecule has 0 bridgehead atoms. The lowest BCUT2D eigenvalue weighted by Crippen LogP contribution is -2.28. The van der Waals surface area contributed by atoms with Gasteiger partial charge in [0, 0.05) is 10.0 Å². The van der Waals surface area contributed by atoms with Crippen LogP contribution in [0.3, 0.4) is 0 Å². The fourth-order valence-corrected chi connectivity index (χ4v) is 3.57. The number of nitrogens with zero attached hydrogens (tertiary/aromatic N) is 2. The average Bonchev–Trinajstić information content (AvgIpc) is 3.24. The van der Waals surface area contributed by atoms with Crippen molar-refractivity contribution < 1.29 is 29.7 Å². The van der Waals surface area contributed by atoms with Crippen LogP contribution < -0.4 is 0 Å². The van der Waals surface area contributed by atoms with Gasteiger partial charge in [-0.2, -0.15) is 5.10 Å². The molecule has 1 aliphatic rings. The first-order chi connectivity index (χ1) is 15.1. The molecule has 0 amide bonds. The zero-order valence-corrected chi connectivity index (χ0v) is 18.5. The maximum absolute atomic E-state index is 11.1. The van der Waals surface area contributed by atoms with Crippen LogP contribution in [0.15, 0.2) is 76.9 Å². The van der Waals surface area contributed by atoms with E-state index in [-0.39, 0.29) is 17.7 Å². The highest BCUT2D eigenvalue weighted by Crippen LogP contribution is 2.31. The van der Waals surface area contributed by atoms with Crippen molar-refractivity contribution in [3.63, 3.8) is 0 Å². The van der Waals surface area contributed by atoms with Gasteiger partial charge in [0.15, 0.2) is 5.69 Å². The molecule has 4 rings (SSSR count). The SMILES string of the molecule is CC1(C(=O)O)C=CC=C(C(=O)O)C1.O=C(O)c1ccnn1-c1ccc2cc(Br)ccc2c1. The van der Waals surface area contributed by atoms with Crippen LogP contribution >= 0.6 is 15.9 Å². The van der Waals surface area contributed by atoms with E-state index in [4.69, 9.17) is 15.3 Å². The Hall–Kier alpha value is -3.72. The predicted molar refractivity (Wildman–Crippen MR) is 121 cm³/mol. The number of benzene rings is 2. The molecule has 1 aromatic heterocycles. The van der Waals surface area contributed by atoms with E-state index < -0.39 is 23.3 Å². The molecule has 3 N–H and O–H groups in total. The van der Waals surface area contributed by atoms with Gasteiger partial charge in [-0.15, -0.1) is 0 Å². The van der Waals surface area contributed by atoms with Crippen molar-refractivity contribution in [2.45, 2.75) is 13.3 Å². The molecule has 9 heteroatoms. The van der Waals surface area contributed by atoms with E-state index in [0.29, 0.717) is 0 Å². The highest BCUT2D eigenvalue weighted by molar-refractivity contribution is 9.10. The van der Waals surface area contributed by atoms with Gasteiger partial charge in [-0.1, -0.05) is 46.3 Å². The minimum absolute atomic E-state index is 0.0359. The molecular weight excluding hydrogens is 480 g/mol. The molecule has 3 aromatic rings. The number of carboxylic acid groups (broad SMARTS) is 3. The van der Waals surface area contributed by atoms with E-state index in [9.17, 15) is 14.4 Å². The molecule has 2 aromatic carbocycles. The summed E-state index contributed by atoms with van der Waals surface area (Å²) in [6.07, 6.45) is 5.92. The van der Waals surface area contributed by atoms with Crippen LogP contribution in [-0.4, -0.2) is 43.0 Å². The largest absolute Gasteiger partial charge is 0.481 e. The lowest BCUT2D eigenvalue weighted by Gasteiger charge is -2.23. The second-order valence-corrected chi connectivity index (χ2v) is 8.28. The van der Waals surface area contributed by atoms with Gasteiger partial charge in [0.1, 0.15) is 0 Å². The average molecular weight is 499 g/mol. The summed E-state index contributed by atoms with van der Waals surface area (Å²) in [6, 6.07) is 13.1. The van der Waals surface area contributed by atoms with Gasteiger partial charge in [0.05, 0.1) is 17.3 Å². The van der Waals surface area contributed by atoms with Crippen molar-refractivity contribution in [2.75, 3.05) is 0 Å². The molecule has 0 saturated carbocycles. The predicted octanol–water partition coefficient (Wildman–Crippen LogP) is 4.53. The number of allylic oxidation sites excluding steroid dienone is 2. The molecule has 0 radical (unpaired) electrons. The third-order valence-corrected chi connectivity index (χ3v) is 5.47. The normalized spacial score (nSPS) is 17.2. The molecule has 0 fully saturated rings. The molecule has 0 saturated heterocycles. The highest BCUT2D eigenvalue weighted by atomic mass is 79.9. The number of carbonyl (C=O) groups is 3. The van der Waals surface area contributed by atoms with Gasteiger partial charge in [-0.05, 0) is 54.4 Å². The van der Waals surface area contributed by atoms with Crippen LogP contribution in [0.1, 0.15) is 23.8 Å². The van der Waals surface area contributed by atoms with Crippen LogP contribution in [0.2, 0.25) is 0 Å². The molecular formula is C23H19BrN2O6. The summed E-state index contributed by atoms with van der Waals surface area (Å²) in [7, 11) is 0. The van der Waals surface area contributed by atoms with Crippen LogP contribution in [0.25, 0.3) is 16.5 Å². The van der Waals surface area contributed by atoms with Crippen molar-refractivity contribution >= 4 is 44.6 Å². The van der Waals surface area contributed by atoms with Crippen molar-refractivity contribution in [3.8, 4) is 5.69 Å². The third kappa shape index (κ3) is 4.94. The smallest absolute Gasteiger partial charge is 0.354 e. The number of aromatic nitrogens is 2. The lowest BCUT2D eigenvalue weighted by molar-refractivity contribution is -0.145. The summed E-state index contributed by atoms with van der Waals surface area (Å²) in [5, 5.41) is 32.8. The number of carboxylic acids is 3. The Bertz CT molecular complexity index is 1280. The fraction of sp³-hybridized carbons (Fsp3) is 0.130. The van der Waals surface area contributed by atoms with Crippen molar-refractivity contribution in [1.29, 1.82) is 0 Å². The van der Waals surface area contributed by atoms with Crippen LogP contribution in [0, 0.1) is 5.41 Å². The number of halogens is 1. The fourth-order valence-electron chi connectivity index (χ4n) is 3.19. The third-order valence-electron chi connectivity index (χ3n) is 4.97. The Morgan fingerprint density at radius 2 is 1.69 bits per heavy atom. The summed E-state index contributed by atoms with van der Waals surface area (Å²) in [5.74, 6) is -3.05. The summed E-state index contributed by atoms with van der Waals surface area (Å²) < 4.78 is 2.43. The van der Waals surface area contributed by atoms with Crippen LogP contribution in [-0.2, 0) is 9.59 Å². The maximum Gasteiger partial charge on any atom is 0.354 e. The standard InChI is InChI=1S/C14H9BrN2O2.C9H10O4/c15-11-3-1-10-8-12(4-2-9(10)7-11)17-13(14(18)19)5-6-16-17;1-9(8(12)13)4-2-3-6(5-9)7(10)11/h1-8H,(H,18,19);2-4H,5H2,1H3,(H,10,11)(H,12,13). The summed E-state index contributed by atoms with van der Waals surface area (Å²) in [6.45, 7) is 1.50. The van der Waals surface area contributed by atoms with E-state index in [1.165, 1.54) is 42.1 Å². The first-order valence-corrected chi connectivity index (χ1v) is 10.2. The van der Waals surface area contributed by atoms with Gasteiger partial charge < -0.3 is 15.3 Å². The molecule has 1 unspecified atom stereocenters. The molecule has 1 heterocycles. The van der Waals surface area contributed by atoms with E-state index in [1.54, 1.807) is 0 Å². The zero-order valence-electron chi connectivity index (χ0n) is 16.9. The number of hydrogen-bond acceptors (Lipinski definition) is 4. The second kappa shape index (κ2) is 9.19. The Labute approximate surface area is 191 Å². The Kier molecular flexibility index (Phi) is 6.59. The van der Waals surface area contributed by atoms with Crippen molar-refractivity contribution in [3.05, 3.63) is 82.6 Å². The van der Waals surface area contributed by atoms with E-state index in [2.05, 4.69) is 21.0 Å².